The van der Waals surface area contributed by atoms with Crippen LogP contribution in [0, 0.1) is 0 Å². The predicted molar refractivity (Wildman–Crippen MR) is 94.9 cm³/mol. The number of aromatic nitrogens is 1. The second kappa shape index (κ2) is 7.51. The molecule has 3 rings (SSSR count). The van der Waals surface area contributed by atoms with Crippen molar-refractivity contribution in [1.82, 2.24) is 9.88 Å². The number of nitrogens with zero attached hydrogens (tertiary/aromatic N) is 3. The second-order valence-corrected chi connectivity index (χ2v) is 7.40. The quantitative estimate of drug-likeness (QED) is 0.921. The highest BCUT2D eigenvalue weighted by atomic mass is 16.3. The molecule has 132 valence electrons. The van der Waals surface area contributed by atoms with E-state index in [0.29, 0.717) is 0 Å². The van der Waals surface area contributed by atoms with Crippen LogP contribution in [0.5, 0.6) is 0 Å². The Hall–Kier alpha value is -1.62. The lowest BCUT2D eigenvalue weighted by Gasteiger charge is -2.40. The van der Waals surface area contributed by atoms with Crippen LogP contribution in [0.3, 0.4) is 0 Å². The summed E-state index contributed by atoms with van der Waals surface area (Å²) in [6.45, 7) is 1.80. The Kier molecular flexibility index (Phi) is 5.39. The molecular weight excluding hydrogens is 302 g/mol. The summed E-state index contributed by atoms with van der Waals surface area (Å²) in [6.07, 6.45) is 8.92. The largest absolute Gasteiger partial charge is 0.389 e. The molecule has 1 saturated heterocycles. The minimum absolute atomic E-state index is 0.0762. The Bertz CT molecular complexity index is 543. The summed E-state index contributed by atoms with van der Waals surface area (Å²) in [4.78, 5) is 21.2. The zero-order valence-corrected chi connectivity index (χ0v) is 14.7. The molecule has 1 amide bonds. The normalized spacial score (nSPS) is 23.8. The van der Waals surface area contributed by atoms with Gasteiger partial charge in [0.15, 0.2) is 0 Å². The number of pyridine rings is 1. The van der Waals surface area contributed by atoms with Gasteiger partial charge < -0.3 is 14.9 Å². The molecule has 2 aliphatic rings. The molecule has 1 unspecified atom stereocenters. The van der Waals surface area contributed by atoms with E-state index in [1.54, 1.807) is 0 Å². The fourth-order valence-electron chi connectivity index (χ4n) is 4.02. The summed E-state index contributed by atoms with van der Waals surface area (Å²) in [5.41, 5.74) is -0.779. The molecule has 0 bridgehead atoms. The molecule has 1 saturated carbocycles. The van der Waals surface area contributed by atoms with E-state index in [0.717, 1.165) is 57.4 Å². The van der Waals surface area contributed by atoms with E-state index in [2.05, 4.69) is 9.88 Å². The van der Waals surface area contributed by atoms with Crippen molar-refractivity contribution in [3.05, 3.63) is 24.4 Å². The van der Waals surface area contributed by atoms with Gasteiger partial charge in [0.2, 0.25) is 5.91 Å². The lowest BCUT2D eigenvalue weighted by Crippen LogP contribution is -2.50. The van der Waals surface area contributed by atoms with E-state index in [-0.39, 0.29) is 18.4 Å². The Morgan fingerprint density at radius 1 is 1.33 bits per heavy atom. The maximum absolute atomic E-state index is 12.7. The summed E-state index contributed by atoms with van der Waals surface area (Å²) in [5, 5.41) is 10.7. The number of piperidine rings is 1. The van der Waals surface area contributed by atoms with Gasteiger partial charge >= 0.3 is 0 Å². The van der Waals surface area contributed by atoms with Gasteiger partial charge in [-0.25, -0.2) is 4.98 Å². The van der Waals surface area contributed by atoms with Crippen molar-refractivity contribution in [3.8, 4) is 0 Å². The molecule has 2 heterocycles. The summed E-state index contributed by atoms with van der Waals surface area (Å²) in [6, 6.07) is 6.14. The first-order valence-corrected chi connectivity index (χ1v) is 9.21. The van der Waals surface area contributed by atoms with E-state index in [1.807, 2.05) is 36.3 Å². The van der Waals surface area contributed by atoms with Crippen LogP contribution in [0.15, 0.2) is 24.4 Å². The van der Waals surface area contributed by atoms with Crippen LogP contribution in [0.1, 0.15) is 51.4 Å². The zero-order valence-electron chi connectivity index (χ0n) is 14.7. The molecule has 1 N–H and O–H groups in total. The maximum atomic E-state index is 12.7. The average molecular weight is 331 g/mol. The number of carbonyl (C=O) groups is 1. The third-order valence-corrected chi connectivity index (χ3v) is 5.58. The number of hydrogen-bond donors (Lipinski definition) is 1. The molecule has 2 fully saturated rings. The number of carbonyl (C=O) groups excluding carboxylic acids is 1. The summed E-state index contributed by atoms with van der Waals surface area (Å²) < 4.78 is 0. The first-order chi connectivity index (χ1) is 11.6. The van der Waals surface area contributed by atoms with Crippen molar-refractivity contribution in [2.24, 2.45) is 0 Å². The van der Waals surface area contributed by atoms with Gasteiger partial charge in [0.25, 0.3) is 0 Å². The van der Waals surface area contributed by atoms with Gasteiger partial charge in [0.1, 0.15) is 5.82 Å². The van der Waals surface area contributed by atoms with Gasteiger partial charge in [0, 0.05) is 32.4 Å². The van der Waals surface area contributed by atoms with Crippen molar-refractivity contribution in [2.45, 2.75) is 63.0 Å². The molecule has 0 spiro atoms. The van der Waals surface area contributed by atoms with E-state index in [9.17, 15) is 9.90 Å². The number of amides is 1. The number of hydrogen-bond acceptors (Lipinski definition) is 4. The molecule has 5 nitrogen and oxygen atoms in total. The summed E-state index contributed by atoms with van der Waals surface area (Å²) >= 11 is 0. The van der Waals surface area contributed by atoms with Crippen molar-refractivity contribution in [2.75, 3.05) is 25.0 Å². The molecule has 1 aliphatic carbocycles. The van der Waals surface area contributed by atoms with Crippen molar-refractivity contribution in [3.63, 3.8) is 0 Å². The average Bonchev–Trinajstić information content (AvgIpc) is 2.62. The van der Waals surface area contributed by atoms with Crippen LogP contribution in [0.25, 0.3) is 0 Å². The fraction of sp³-hybridized carbons (Fsp3) is 0.684. The van der Waals surface area contributed by atoms with Crippen molar-refractivity contribution >= 4 is 11.7 Å². The maximum Gasteiger partial charge on any atom is 0.225 e. The summed E-state index contributed by atoms with van der Waals surface area (Å²) in [7, 11) is 1.89. The predicted octanol–water partition coefficient (Wildman–Crippen LogP) is 2.59. The lowest BCUT2D eigenvalue weighted by molar-refractivity contribution is -0.138. The van der Waals surface area contributed by atoms with Gasteiger partial charge in [-0.05, 0) is 37.8 Å². The Morgan fingerprint density at radius 3 is 2.83 bits per heavy atom. The van der Waals surface area contributed by atoms with Crippen LogP contribution < -0.4 is 4.90 Å². The Balaban J connectivity index is 1.59. The van der Waals surface area contributed by atoms with Gasteiger partial charge in [-0.2, -0.15) is 0 Å². The highest BCUT2D eigenvalue weighted by Crippen LogP contribution is 2.32. The van der Waals surface area contributed by atoms with E-state index >= 15 is 0 Å². The standard InChI is InChI=1S/C19H29N3O2/c1-21(18(23)14-19(24)10-4-2-5-11-19)16-8-7-13-22(15-16)17-9-3-6-12-20-17/h3,6,9,12,16,24H,2,4-5,7-8,10-11,13-15H2,1H3. The van der Waals surface area contributed by atoms with Crippen LogP contribution in [0.2, 0.25) is 0 Å². The van der Waals surface area contributed by atoms with Crippen LogP contribution in [-0.4, -0.2) is 52.7 Å². The van der Waals surface area contributed by atoms with Gasteiger partial charge in [-0.3, -0.25) is 4.79 Å². The third kappa shape index (κ3) is 4.07. The molecule has 1 atom stereocenters. The lowest BCUT2D eigenvalue weighted by atomic mass is 9.82. The SMILES string of the molecule is CN(C(=O)CC1(O)CCCCC1)C1CCCN(c2ccccn2)C1. The van der Waals surface area contributed by atoms with Gasteiger partial charge in [-0.15, -0.1) is 0 Å². The van der Waals surface area contributed by atoms with Crippen molar-refractivity contribution in [1.29, 1.82) is 0 Å². The highest BCUT2D eigenvalue weighted by molar-refractivity contribution is 5.77. The highest BCUT2D eigenvalue weighted by Gasteiger charge is 2.35. The molecule has 0 aromatic carbocycles. The van der Waals surface area contributed by atoms with Crippen LogP contribution >= 0.6 is 0 Å². The van der Waals surface area contributed by atoms with Gasteiger partial charge in [0.05, 0.1) is 12.0 Å². The monoisotopic (exact) mass is 331 g/mol. The zero-order chi connectivity index (χ0) is 17.0. The first kappa shape index (κ1) is 17.2. The minimum Gasteiger partial charge on any atom is -0.389 e. The van der Waals surface area contributed by atoms with Crippen LogP contribution in [-0.2, 0) is 4.79 Å². The molecule has 5 heteroatoms. The topological polar surface area (TPSA) is 56.7 Å². The minimum atomic E-state index is -0.779. The summed E-state index contributed by atoms with van der Waals surface area (Å²) in [5.74, 6) is 1.06. The molecule has 1 aromatic rings. The molecule has 24 heavy (non-hydrogen) atoms. The first-order valence-electron chi connectivity index (χ1n) is 9.21. The Morgan fingerprint density at radius 2 is 2.12 bits per heavy atom. The Labute approximate surface area is 144 Å². The number of likely N-dealkylation sites (N-methyl/N-ethyl adjacent to an activating group) is 1. The molecule has 0 radical (unpaired) electrons. The van der Waals surface area contributed by atoms with E-state index in [1.165, 1.54) is 6.42 Å². The third-order valence-electron chi connectivity index (χ3n) is 5.58. The fourth-order valence-corrected chi connectivity index (χ4v) is 4.02. The second-order valence-electron chi connectivity index (χ2n) is 7.40. The van der Waals surface area contributed by atoms with E-state index < -0.39 is 5.60 Å². The van der Waals surface area contributed by atoms with Crippen LogP contribution in [0.4, 0.5) is 5.82 Å². The molecule has 1 aliphatic heterocycles. The molecule has 1 aromatic heterocycles. The number of rotatable bonds is 4. The number of aliphatic hydroxyl groups is 1. The van der Waals surface area contributed by atoms with E-state index in [4.69, 9.17) is 0 Å². The number of anilines is 1. The smallest absolute Gasteiger partial charge is 0.225 e. The van der Waals surface area contributed by atoms with Gasteiger partial charge in [-0.1, -0.05) is 25.3 Å². The molecular formula is C19H29N3O2. The van der Waals surface area contributed by atoms with Crippen molar-refractivity contribution < 1.29 is 9.90 Å².